The van der Waals surface area contributed by atoms with Crippen molar-refractivity contribution in [3.05, 3.63) is 78.5 Å². The molecule has 1 heterocycles. The third-order valence-corrected chi connectivity index (χ3v) is 3.81. The summed E-state index contributed by atoms with van der Waals surface area (Å²) in [5, 5.41) is 3.67. The summed E-state index contributed by atoms with van der Waals surface area (Å²) >= 11 is 0. The Kier molecular flexibility index (Phi) is 5.03. The van der Waals surface area contributed by atoms with Gasteiger partial charge in [0.15, 0.2) is 5.82 Å². The zero-order valence-electron chi connectivity index (χ0n) is 14.3. The van der Waals surface area contributed by atoms with Gasteiger partial charge in [-0.1, -0.05) is 24.8 Å². The molecule has 0 saturated heterocycles. The van der Waals surface area contributed by atoms with Crippen LogP contribution in [0.1, 0.15) is 16.2 Å². The van der Waals surface area contributed by atoms with E-state index in [1.54, 1.807) is 30.3 Å². The SMILES string of the molecule is C=C/C(=C\N=C)c1nc(Nc2ccccc2C(N)=O)c2ccc(F)cc2n1. The topological polar surface area (TPSA) is 93.3 Å². The van der Waals surface area contributed by atoms with Crippen LogP contribution >= 0.6 is 0 Å². The van der Waals surface area contributed by atoms with Gasteiger partial charge in [-0.15, -0.1) is 0 Å². The molecule has 27 heavy (non-hydrogen) atoms. The van der Waals surface area contributed by atoms with Crippen molar-refractivity contribution in [2.45, 2.75) is 0 Å². The molecule has 0 spiro atoms. The molecule has 0 radical (unpaired) electrons. The first kappa shape index (κ1) is 17.9. The summed E-state index contributed by atoms with van der Waals surface area (Å²) in [5.74, 6) is -0.332. The lowest BCUT2D eigenvalue weighted by Crippen LogP contribution is -2.13. The van der Waals surface area contributed by atoms with E-state index in [2.05, 4.69) is 33.6 Å². The van der Waals surface area contributed by atoms with Gasteiger partial charge in [0.1, 0.15) is 11.6 Å². The molecule has 3 aromatic rings. The number of aromatic nitrogens is 2. The van der Waals surface area contributed by atoms with Gasteiger partial charge < -0.3 is 11.1 Å². The lowest BCUT2D eigenvalue weighted by atomic mass is 10.1. The van der Waals surface area contributed by atoms with Crippen LogP contribution in [0.3, 0.4) is 0 Å². The molecule has 0 atom stereocenters. The number of nitrogens with zero attached hydrogens (tertiary/aromatic N) is 3. The predicted molar refractivity (Wildman–Crippen MR) is 105 cm³/mol. The fraction of sp³-hybridized carbons (Fsp3) is 0. The molecule has 0 saturated carbocycles. The number of carbonyl (C=O) groups excluding carboxylic acids is 1. The van der Waals surface area contributed by atoms with Crippen LogP contribution in [0.15, 0.2) is 66.3 Å². The van der Waals surface area contributed by atoms with Crippen LogP contribution in [0.2, 0.25) is 0 Å². The number of nitrogens with two attached hydrogens (primary N) is 1. The highest BCUT2D eigenvalue weighted by Gasteiger charge is 2.14. The Labute approximate surface area is 155 Å². The van der Waals surface area contributed by atoms with Gasteiger partial charge >= 0.3 is 0 Å². The first-order valence-electron chi connectivity index (χ1n) is 7.95. The highest BCUT2D eigenvalue weighted by atomic mass is 19.1. The van der Waals surface area contributed by atoms with Crippen LogP contribution in [0.25, 0.3) is 16.5 Å². The van der Waals surface area contributed by atoms with Crippen molar-refractivity contribution in [2.75, 3.05) is 5.32 Å². The number of halogens is 1. The predicted octanol–water partition coefficient (Wildman–Crippen LogP) is 3.84. The molecule has 7 heteroatoms. The lowest BCUT2D eigenvalue weighted by molar-refractivity contribution is 0.100. The van der Waals surface area contributed by atoms with Crippen LogP contribution in [-0.4, -0.2) is 22.6 Å². The molecule has 1 aromatic heterocycles. The van der Waals surface area contributed by atoms with Gasteiger partial charge in [-0.05, 0) is 31.0 Å². The zero-order chi connectivity index (χ0) is 19.4. The van der Waals surface area contributed by atoms with Crippen LogP contribution in [-0.2, 0) is 0 Å². The second kappa shape index (κ2) is 7.57. The highest BCUT2D eigenvalue weighted by Crippen LogP contribution is 2.28. The van der Waals surface area contributed by atoms with Crippen molar-refractivity contribution in [3.63, 3.8) is 0 Å². The normalized spacial score (nSPS) is 11.2. The summed E-state index contributed by atoms with van der Waals surface area (Å²) in [5.41, 5.74) is 7.12. The molecule has 3 rings (SSSR count). The van der Waals surface area contributed by atoms with E-state index in [9.17, 15) is 9.18 Å². The van der Waals surface area contributed by atoms with Crippen LogP contribution in [0, 0.1) is 5.82 Å². The van der Waals surface area contributed by atoms with E-state index in [0.717, 1.165) is 0 Å². The number of carbonyl (C=O) groups is 1. The second-order valence-electron chi connectivity index (χ2n) is 5.56. The summed E-state index contributed by atoms with van der Waals surface area (Å²) in [6, 6.07) is 10.9. The number of allylic oxidation sites excluding steroid dienone is 2. The number of primary amides is 1. The highest BCUT2D eigenvalue weighted by molar-refractivity contribution is 6.00. The summed E-state index contributed by atoms with van der Waals surface area (Å²) in [6.07, 6.45) is 2.98. The number of anilines is 2. The molecule has 0 aliphatic rings. The Hall–Kier alpha value is -3.87. The van der Waals surface area contributed by atoms with Gasteiger partial charge in [-0.2, -0.15) is 0 Å². The van der Waals surface area contributed by atoms with Gasteiger partial charge in [0.2, 0.25) is 0 Å². The minimum atomic E-state index is -0.578. The van der Waals surface area contributed by atoms with Crippen molar-refractivity contribution < 1.29 is 9.18 Å². The fourth-order valence-electron chi connectivity index (χ4n) is 2.56. The number of nitrogens with one attached hydrogen (secondary N) is 1. The van der Waals surface area contributed by atoms with E-state index in [4.69, 9.17) is 5.73 Å². The molecule has 6 nitrogen and oxygen atoms in total. The third kappa shape index (κ3) is 3.72. The number of aliphatic imine (C=N–C) groups is 1. The van der Waals surface area contributed by atoms with Crippen LogP contribution in [0.5, 0.6) is 0 Å². The maximum absolute atomic E-state index is 13.7. The number of benzene rings is 2. The minimum absolute atomic E-state index is 0.287. The number of para-hydroxylation sites is 1. The molecular weight excluding hydrogens is 345 g/mol. The van der Waals surface area contributed by atoms with Crippen molar-refractivity contribution in [1.29, 1.82) is 0 Å². The first-order valence-corrected chi connectivity index (χ1v) is 7.95. The molecular formula is C20H16FN5O. The Bertz CT molecular complexity index is 1090. The molecule has 0 bridgehead atoms. The molecule has 0 fully saturated rings. The van der Waals surface area contributed by atoms with Crippen LogP contribution < -0.4 is 11.1 Å². The largest absolute Gasteiger partial charge is 0.366 e. The van der Waals surface area contributed by atoms with Gasteiger partial charge in [-0.25, -0.2) is 14.4 Å². The lowest BCUT2D eigenvalue weighted by Gasteiger charge is -2.13. The summed E-state index contributed by atoms with van der Waals surface area (Å²) in [4.78, 5) is 24.3. The van der Waals surface area contributed by atoms with E-state index >= 15 is 0 Å². The minimum Gasteiger partial charge on any atom is -0.366 e. The van der Waals surface area contributed by atoms with Gasteiger partial charge in [0.05, 0.1) is 16.8 Å². The number of hydrogen-bond donors (Lipinski definition) is 2. The smallest absolute Gasteiger partial charge is 0.250 e. The maximum Gasteiger partial charge on any atom is 0.250 e. The van der Waals surface area contributed by atoms with E-state index < -0.39 is 11.7 Å². The standard InChI is InChI=1S/C20H16FN5O/c1-3-12(11-23-2)19-25-17-10-13(21)8-9-15(17)20(26-19)24-16-7-5-4-6-14(16)18(22)27/h3-11H,1-2H2,(H2,22,27)(H,24,25,26)/b12-11+. The van der Waals surface area contributed by atoms with E-state index in [1.165, 1.54) is 24.4 Å². The Morgan fingerprint density at radius 1 is 1.22 bits per heavy atom. The number of hydrogen-bond acceptors (Lipinski definition) is 5. The van der Waals surface area contributed by atoms with Gasteiger partial charge in [0.25, 0.3) is 5.91 Å². The van der Waals surface area contributed by atoms with Crippen molar-refractivity contribution in [2.24, 2.45) is 10.7 Å². The van der Waals surface area contributed by atoms with E-state index in [0.29, 0.717) is 33.5 Å². The summed E-state index contributed by atoms with van der Waals surface area (Å²) in [6.45, 7) is 7.13. The maximum atomic E-state index is 13.7. The van der Waals surface area contributed by atoms with Crippen molar-refractivity contribution in [1.82, 2.24) is 9.97 Å². The Morgan fingerprint density at radius 2 is 2.00 bits per heavy atom. The second-order valence-corrected chi connectivity index (χ2v) is 5.56. The van der Waals surface area contributed by atoms with Crippen molar-refractivity contribution in [3.8, 4) is 0 Å². The molecule has 0 aliphatic carbocycles. The average molecular weight is 361 g/mol. The number of rotatable bonds is 6. The monoisotopic (exact) mass is 361 g/mol. The van der Waals surface area contributed by atoms with Gasteiger partial charge in [0, 0.05) is 23.2 Å². The molecule has 1 amide bonds. The fourth-order valence-corrected chi connectivity index (χ4v) is 2.56. The van der Waals surface area contributed by atoms with E-state index in [-0.39, 0.29) is 5.82 Å². The van der Waals surface area contributed by atoms with Crippen LogP contribution in [0.4, 0.5) is 15.9 Å². The number of amides is 1. The first-order chi connectivity index (χ1) is 13.0. The number of fused-ring (bicyclic) bond motifs is 1. The summed E-state index contributed by atoms with van der Waals surface area (Å²) < 4.78 is 13.7. The third-order valence-electron chi connectivity index (χ3n) is 3.81. The molecule has 0 aliphatic heterocycles. The molecule has 3 N–H and O–H groups in total. The Balaban J connectivity index is 2.22. The summed E-state index contributed by atoms with van der Waals surface area (Å²) in [7, 11) is 0. The van der Waals surface area contributed by atoms with Crippen molar-refractivity contribution >= 4 is 40.6 Å². The zero-order valence-corrected chi connectivity index (χ0v) is 14.3. The van der Waals surface area contributed by atoms with E-state index in [1.807, 2.05) is 0 Å². The average Bonchev–Trinajstić information content (AvgIpc) is 2.65. The molecule has 134 valence electrons. The molecule has 2 aromatic carbocycles. The Morgan fingerprint density at radius 3 is 2.70 bits per heavy atom. The molecule has 0 unspecified atom stereocenters. The quantitative estimate of drug-likeness (QED) is 0.515. The van der Waals surface area contributed by atoms with Gasteiger partial charge in [-0.3, -0.25) is 9.79 Å².